The van der Waals surface area contributed by atoms with Crippen molar-refractivity contribution in [2.75, 3.05) is 6.61 Å². The van der Waals surface area contributed by atoms with Gasteiger partial charge in [-0.05, 0) is 26.7 Å². The molecule has 9 heavy (non-hydrogen) atoms. The molecule has 0 N–H and O–H groups in total. The van der Waals surface area contributed by atoms with E-state index in [2.05, 4.69) is 0 Å². The van der Waals surface area contributed by atoms with Crippen LogP contribution < -0.4 is 0 Å². The summed E-state index contributed by atoms with van der Waals surface area (Å²) < 4.78 is 18.0. The fraction of sp³-hybridized carbons (Fsp3) is 1.00. The molecular formula is C7H13FO. The zero-order chi connectivity index (χ0) is 6.91. The summed E-state index contributed by atoms with van der Waals surface area (Å²) in [5.74, 6) is 0. The van der Waals surface area contributed by atoms with Crippen LogP contribution >= 0.6 is 0 Å². The van der Waals surface area contributed by atoms with Gasteiger partial charge < -0.3 is 4.74 Å². The van der Waals surface area contributed by atoms with E-state index in [1.807, 2.05) is 6.92 Å². The highest BCUT2D eigenvalue weighted by Crippen LogP contribution is 2.43. The van der Waals surface area contributed by atoms with Gasteiger partial charge in [0.05, 0.1) is 6.10 Å². The van der Waals surface area contributed by atoms with E-state index in [9.17, 15) is 4.39 Å². The molecule has 0 aromatic rings. The smallest absolute Gasteiger partial charge is 0.137 e. The second-order valence-electron chi connectivity index (χ2n) is 2.63. The van der Waals surface area contributed by atoms with Crippen molar-refractivity contribution in [3.63, 3.8) is 0 Å². The molecule has 0 amide bonds. The Morgan fingerprint density at radius 1 is 1.67 bits per heavy atom. The minimum Gasteiger partial charge on any atom is -0.375 e. The molecule has 1 saturated carbocycles. The number of hydrogen-bond donors (Lipinski definition) is 0. The zero-order valence-corrected chi connectivity index (χ0v) is 5.98. The summed E-state index contributed by atoms with van der Waals surface area (Å²) in [5.41, 5.74) is -0.962. The van der Waals surface area contributed by atoms with E-state index >= 15 is 0 Å². The predicted molar refractivity (Wildman–Crippen MR) is 34.2 cm³/mol. The predicted octanol–water partition coefficient (Wildman–Crippen LogP) is 1.91. The summed E-state index contributed by atoms with van der Waals surface area (Å²) in [5, 5.41) is 0. The molecule has 0 saturated heterocycles. The van der Waals surface area contributed by atoms with Gasteiger partial charge in [-0.25, -0.2) is 4.39 Å². The van der Waals surface area contributed by atoms with Crippen molar-refractivity contribution < 1.29 is 9.13 Å². The van der Waals surface area contributed by atoms with Gasteiger partial charge in [0.15, 0.2) is 0 Å². The molecule has 0 bridgehead atoms. The van der Waals surface area contributed by atoms with Crippen LogP contribution in [0.3, 0.4) is 0 Å². The van der Waals surface area contributed by atoms with E-state index in [1.165, 1.54) is 0 Å². The first-order valence-corrected chi connectivity index (χ1v) is 3.49. The molecule has 0 spiro atoms. The van der Waals surface area contributed by atoms with Crippen LogP contribution in [-0.2, 0) is 4.74 Å². The first kappa shape index (κ1) is 7.00. The quantitative estimate of drug-likeness (QED) is 0.570. The van der Waals surface area contributed by atoms with Crippen molar-refractivity contribution in [3.8, 4) is 0 Å². The SMILES string of the molecule is CCOC(C)C1(F)CC1. The van der Waals surface area contributed by atoms with Crippen molar-refractivity contribution in [2.45, 2.75) is 38.5 Å². The maximum Gasteiger partial charge on any atom is 0.137 e. The fourth-order valence-corrected chi connectivity index (χ4v) is 0.925. The van der Waals surface area contributed by atoms with Crippen molar-refractivity contribution in [1.29, 1.82) is 0 Å². The van der Waals surface area contributed by atoms with Gasteiger partial charge in [-0.3, -0.25) is 0 Å². The number of rotatable bonds is 3. The van der Waals surface area contributed by atoms with E-state index in [4.69, 9.17) is 4.74 Å². The van der Waals surface area contributed by atoms with Crippen molar-refractivity contribution in [2.24, 2.45) is 0 Å². The van der Waals surface area contributed by atoms with Crippen LogP contribution in [0.15, 0.2) is 0 Å². The van der Waals surface area contributed by atoms with Crippen molar-refractivity contribution in [1.82, 2.24) is 0 Å². The Hall–Kier alpha value is -0.110. The second kappa shape index (κ2) is 2.25. The molecule has 0 aromatic carbocycles. The monoisotopic (exact) mass is 132 g/mol. The van der Waals surface area contributed by atoms with Gasteiger partial charge in [0.1, 0.15) is 5.67 Å². The molecule has 1 aliphatic rings. The normalized spacial score (nSPS) is 25.7. The highest BCUT2D eigenvalue weighted by molar-refractivity contribution is 4.99. The topological polar surface area (TPSA) is 9.23 Å². The first-order valence-electron chi connectivity index (χ1n) is 3.49. The van der Waals surface area contributed by atoms with E-state index in [0.717, 1.165) is 0 Å². The van der Waals surface area contributed by atoms with Gasteiger partial charge in [-0.15, -0.1) is 0 Å². The number of hydrogen-bond acceptors (Lipinski definition) is 1. The standard InChI is InChI=1S/C7H13FO/c1-3-9-6(2)7(8)4-5-7/h6H,3-5H2,1-2H3. The summed E-state index contributed by atoms with van der Waals surface area (Å²) in [4.78, 5) is 0. The van der Waals surface area contributed by atoms with Crippen LogP contribution in [0.2, 0.25) is 0 Å². The molecule has 0 radical (unpaired) electrons. The average molecular weight is 132 g/mol. The van der Waals surface area contributed by atoms with Gasteiger partial charge in [0.25, 0.3) is 0 Å². The van der Waals surface area contributed by atoms with E-state index in [0.29, 0.717) is 19.4 Å². The van der Waals surface area contributed by atoms with Crippen LogP contribution in [0.4, 0.5) is 4.39 Å². The van der Waals surface area contributed by atoms with Gasteiger partial charge >= 0.3 is 0 Å². The second-order valence-corrected chi connectivity index (χ2v) is 2.63. The molecule has 54 valence electrons. The molecule has 1 nitrogen and oxygen atoms in total. The van der Waals surface area contributed by atoms with Crippen molar-refractivity contribution in [3.05, 3.63) is 0 Å². The van der Waals surface area contributed by atoms with Crippen LogP contribution in [-0.4, -0.2) is 18.4 Å². The molecule has 1 atom stereocenters. The van der Waals surface area contributed by atoms with E-state index < -0.39 is 5.67 Å². The molecule has 2 heteroatoms. The summed E-state index contributed by atoms with van der Waals surface area (Å²) in [6.45, 7) is 4.31. The Morgan fingerprint density at radius 3 is 2.56 bits per heavy atom. The van der Waals surface area contributed by atoms with Gasteiger partial charge in [0.2, 0.25) is 0 Å². The number of halogens is 1. The van der Waals surface area contributed by atoms with E-state index in [-0.39, 0.29) is 6.10 Å². The maximum absolute atomic E-state index is 13.0. The van der Waals surface area contributed by atoms with Gasteiger partial charge in [-0.2, -0.15) is 0 Å². The molecule has 0 heterocycles. The van der Waals surface area contributed by atoms with Crippen LogP contribution in [0.5, 0.6) is 0 Å². The summed E-state index contributed by atoms with van der Waals surface area (Å²) in [6, 6.07) is 0. The van der Waals surface area contributed by atoms with Crippen molar-refractivity contribution >= 4 is 0 Å². The minimum atomic E-state index is -0.962. The van der Waals surface area contributed by atoms with Crippen LogP contribution in [0, 0.1) is 0 Å². The highest BCUT2D eigenvalue weighted by atomic mass is 19.1. The lowest BCUT2D eigenvalue weighted by atomic mass is 10.2. The number of alkyl halides is 1. The minimum absolute atomic E-state index is 0.192. The molecule has 1 rings (SSSR count). The Labute approximate surface area is 55.2 Å². The molecule has 1 unspecified atom stereocenters. The lowest BCUT2D eigenvalue weighted by Crippen LogP contribution is -2.23. The third kappa shape index (κ3) is 1.42. The largest absolute Gasteiger partial charge is 0.375 e. The average Bonchev–Trinajstić information content (AvgIpc) is 2.50. The number of ether oxygens (including phenoxy) is 1. The molecule has 1 aliphatic carbocycles. The molecule has 0 aliphatic heterocycles. The summed E-state index contributed by atoms with van der Waals surface area (Å²) in [7, 11) is 0. The van der Waals surface area contributed by atoms with Crippen LogP contribution in [0.25, 0.3) is 0 Å². The zero-order valence-electron chi connectivity index (χ0n) is 5.98. The Kier molecular flexibility index (Phi) is 1.75. The molecular weight excluding hydrogens is 119 g/mol. The van der Waals surface area contributed by atoms with Gasteiger partial charge in [-0.1, -0.05) is 0 Å². The highest BCUT2D eigenvalue weighted by Gasteiger charge is 2.48. The summed E-state index contributed by atoms with van der Waals surface area (Å²) >= 11 is 0. The lowest BCUT2D eigenvalue weighted by molar-refractivity contribution is 0.00492. The van der Waals surface area contributed by atoms with Crippen LogP contribution in [0.1, 0.15) is 26.7 Å². The first-order chi connectivity index (χ1) is 4.19. The fourth-order valence-electron chi connectivity index (χ4n) is 0.925. The maximum atomic E-state index is 13.0. The Morgan fingerprint density at radius 2 is 2.22 bits per heavy atom. The van der Waals surface area contributed by atoms with E-state index in [1.54, 1.807) is 6.92 Å². The summed E-state index contributed by atoms with van der Waals surface area (Å²) in [6.07, 6.45) is 1.19. The molecule has 0 aromatic heterocycles. The third-order valence-electron chi connectivity index (χ3n) is 1.87. The Balaban J connectivity index is 2.24. The third-order valence-corrected chi connectivity index (χ3v) is 1.87. The molecule has 1 fully saturated rings. The lowest BCUT2D eigenvalue weighted by Gasteiger charge is -2.14. The van der Waals surface area contributed by atoms with Gasteiger partial charge in [0, 0.05) is 6.61 Å². The Bertz CT molecular complexity index is 99.1.